The van der Waals surface area contributed by atoms with Gasteiger partial charge in [-0.05, 0) is 18.6 Å². The number of nitrogens with zero attached hydrogens (tertiary/aromatic N) is 2. The number of aromatic nitrogens is 2. The highest BCUT2D eigenvalue weighted by molar-refractivity contribution is 6.00. The summed E-state index contributed by atoms with van der Waals surface area (Å²) >= 11 is 0. The summed E-state index contributed by atoms with van der Waals surface area (Å²) in [4.78, 5) is 14.1. The van der Waals surface area contributed by atoms with Crippen molar-refractivity contribution in [2.75, 3.05) is 13.1 Å². The van der Waals surface area contributed by atoms with Crippen LogP contribution in [0.25, 0.3) is 11.3 Å². The Kier molecular flexibility index (Phi) is 4.24. The van der Waals surface area contributed by atoms with Gasteiger partial charge in [0.1, 0.15) is 5.75 Å². The van der Waals surface area contributed by atoms with E-state index >= 15 is 0 Å². The van der Waals surface area contributed by atoms with Crippen molar-refractivity contribution in [2.45, 2.75) is 19.1 Å². The first-order valence-corrected chi connectivity index (χ1v) is 7.10. The Morgan fingerprint density at radius 3 is 3.00 bits per heavy atom. The van der Waals surface area contributed by atoms with Crippen LogP contribution in [0, 0.1) is 0 Å². The van der Waals surface area contributed by atoms with Crippen LogP contribution in [0.1, 0.15) is 16.8 Å². The number of hydrogen-bond acceptors (Lipinski definition) is 4. The molecule has 0 radical (unpaired) electrons. The lowest BCUT2D eigenvalue weighted by Crippen LogP contribution is -2.29. The van der Waals surface area contributed by atoms with Gasteiger partial charge in [0.15, 0.2) is 0 Å². The molecule has 1 amide bonds. The molecule has 1 saturated heterocycles. The average Bonchev–Trinajstić information content (AvgIpc) is 3.15. The van der Waals surface area contributed by atoms with E-state index in [9.17, 15) is 18.7 Å². The summed E-state index contributed by atoms with van der Waals surface area (Å²) in [6.45, 7) is -2.17. The fourth-order valence-electron chi connectivity index (χ4n) is 2.59. The van der Waals surface area contributed by atoms with Gasteiger partial charge in [-0.25, -0.2) is 0 Å². The minimum Gasteiger partial charge on any atom is -0.435 e. The highest BCUT2D eigenvalue weighted by Crippen LogP contribution is 2.27. The third-order valence-electron chi connectivity index (χ3n) is 3.67. The highest BCUT2D eigenvalue weighted by atomic mass is 19.3. The lowest BCUT2D eigenvalue weighted by Gasteiger charge is -2.15. The quantitative estimate of drug-likeness (QED) is 0.900. The smallest absolute Gasteiger partial charge is 0.387 e. The fourth-order valence-corrected chi connectivity index (χ4v) is 2.59. The molecule has 6 nitrogen and oxygen atoms in total. The van der Waals surface area contributed by atoms with Gasteiger partial charge in [-0.2, -0.15) is 13.9 Å². The Labute approximate surface area is 130 Å². The predicted octanol–water partition coefficient (Wildman–Crippen LogP) is 1.88. The third-order valence-corrected chi connectivity index (χ3v) is 3.67. The van der Waals surface area contributed by atoms with E-state index in [1.165, 1.54) is 18.3 Å². The number of likely N-dealkylation sites (tertiary alicyclic amines) is 1. The van der Waals surface area contributed by atoms with Crippen molar-refractivity contribution in [1.29, 1.82) is 0 Å². The molecule has 1 fully saturated rings. The van der Waals surface area contributed by atoms with Crippen LogP contribution >= 0.6 is 0 Å². The van der Waals surface area contributed by atoms with Gasteiger partial charge >= 0.3 is 6.61 Å². The number of ether oxygens (including phenoxy) is 1. The number of carbonyl (C=O) groups excluding carboxylic acids is 1. The molecule has 1 aliphatic rings. The van der Waals surface area contributed by atoms with E-state index in [4.69, 9.17) is 0 Å². The SMILES string of the molecule is O=C(c1cn[nH]c1-c1cccc(OC(F)F)c1)N1CC[C@@H](O)C1. The molecule has 0 spiro atoms. The summed E-state index contributed by atoms with van der Waals surface area (Å²) in [6.07, 6.45) is 1.41. The Hall–Kier alpha value is -2.48. The molecule has 122 valence electrons. The second kappa shape index (κ2) is 6.33. The second-order valence-corrected chi connectivity index (χ2v) is 5.26. The number of alkyl halides is 2. The first-order valence-electron chi connectivity index (χ1n) is 7.10. The maximum Gasteiger partial charge on any atom is 0.387 e. The normalized spacial score (nSPS) is 17.7. The molecule has 0 unspecified atom stereocenters. The van der Waals surface area contributed by atoms with Gasteiger partial charge in [-0.3, -0.25) is 9.89 Å². The molecule has 2 N–H and O–H groups in total. The van der Waals surface area contributed by atoms with Gasteiger partial charge in [0, 0.05) is 18.7 Å². The fraction of sp³-hybridized carbons (Fsp3) is 0.333. The van der Waals surface area contributed by atoms with E-state index in [1.54, 1.807) is 17.0 Å². The van der Waals surface area contributed by atoms with Crippen molar-refractivity contribution in [3.8, 4) is 17.0 Å². The number of nitrogens with one attached hydrogen (secondary N) is 1. The molecular formula is C15H15F2N3O3. The lowest BCUT2D eigenvalue weighted by molar-refractivity contribution is -0.0498. The van der Waals surface area contributed by atoms with Crippen molar-refractivity contribution in [3.63, 3.8) is 0 Å². The summed E-state index contributed by atoms with van der Waals surface area (Å²) in [5, 5.41) is 16.1. The number of aliphatic hydroxyl groups excluding tert-OH is 1. The van der Waals surface area contributed by atoms with Crippen LogP contribution in [0.4, 0.5) is 8.78 Å². The van der Waals surface area contributed by atoms with Gasteiger partial charge in [-0.15, -0.1) is 0 Å². The van der Waals surface area contributed by atoms with Crippen molar-refractivity contribution in [2.24, 2.45) is 0 Å². The van der Waals surface area contributed by atoms with Crippen LogP contribution in [-0.4, -0.2) is 51.9 Å². The van der Waals surface area contributed by atoms with Crippen molar-refractivity contribution < 1.29 is 23.4 Å². The summed E-state index contributed by atoms with van der Waals surface area (Å²) < 4.78 is 29.0. The first-order chi connectivity index (χ1) is 11.0. The van der Waals surface area contributed by atoms with Gasteiger partial charge in [-0.1, -0.05) is 12.1 Å². The highest BCUT2D eigenvalue weighted by Gasteiger charge is 2.28. The van der Waals surface area contributed by atoms with Crippen LogP contribution in [0.5, 0.6) is 5.75 Å². The van der Waals surface area contributed by atoms with Crippen LogP contribution < -0.4 is 4.74 Å². The number of aromatic amines is 1. The van der Waals surface area contributed by atoms with Crippen LogP contribution in [0.3, 0.4) is 0 Å². The number of aliphatic hydroxyl groups is 1. The van der Waals surface area contributed by atoms with Crippen LogP contribution in [0.15, 0.2) is 30.5 Å². The number of rotatable bonds is 4. The number of H-pyrrole nitrogens is 1. The molecule has 23 heavy (non-hydrogen) atoms. The van der Waals surface area contributed by atoms with E-state index in [0.717, 1.165) is 0 Å². The van der Waals surface area contributed by atoms with Gasteiger partial charge < -0.3 is 14.7 Å². The zero-order valence-corrected chi connectivity index (χ0v) is 12.1. The summed E-state index contributed by atoms with van der Waals surface area (Å²) in [6, 6.07) is 6.04. The van der Waals surface area contributed by atoms with Gasteiger partial charge in [0.05, 0.1) is 23.6 Å². The van der Waals surface area contributed by atoms with Crippen LogP contribution in [0.2, 0.25) is 0 Å². The van der Waals surface area contributed by atoms with Gasteiger partial charge in [0.25, 0.3) is 5.91 Å². The number of carbonyl (C=O) groups is 1. The molecular weight excluding hydrogens is 308 g/mol. The molecule has 1 aliphatic heterocycles. The Morgan fingerprint density at radius 1 is 1.48 bits per heavy atom. The van der Waals surface area contributed by atoms with Crippen molar-refractivity contribution >= 4 is 5.91 Å². The Bertz CT molecular complexity index is 705. The minimum absolute atomic E-state index is 0.00194. The molecule has 1 aromatic heterocycles. The topological polar surface area (TPSA) is 78.5 Å². The van der Waals surface area contributed by atoms with E-state index in [2.05, 4.69) is 14.9 Å². The molecule has 0 saturated carbocycles. The van der Waals surface area contributed by atoms with E-state index in [0.29, 0.717) is 29.8 Å². The van der Waals surface area contributed by atoms with Gasteiger partial charge in [0.2, 0.25) is 0 Å². The molecule has 3 rings (SSSR count). The number of benzene rings is 1. The standard InChI is InChI=1S/C15H15F2N3O3/c16-15(17)23-11-3-1-2-9(6-11)13-12(7-18-19-13)14(22)20-5-4-10(21)8-20/h1-3,6-7,10,15,21H,4-5,8H2,(H,18,19)/t10-/m1/s1. The molecule has 8 heteroatoms. The van der Waals surface area contributed by atoms with E-state index in [1.807, 2.05) is 0 Å². The zero-order valence-electron chi connectivity index (χ0n) is 12.1. The number of hydrogen-bond donors (Lipinski definition) is 2. The molecule has 1 atom stereocenters. The summed E-state index contributed by atoms with van der Waals surface area (Å²) in [5.74, 6) is -0.257. The molecule has 2 aromatic rings. The largest absolute Gasteiger partial charge is 0.435 e. The van der Waals surface area contributed by atoms with Crippen molar-refractivity contribution in [3.05, 3.63) is 36.0 Å². The second-order valence-electron chi connectivity index (χ2n) is 5.26. The number of halogens is 2. The summed E-state index contributed by atoms with van der Waals surface area (Å²) in [7, 11) is 0. The molecule has 0 bridgehead atoms. The zero-order chi connectivity index (χ0) is 16.4. The minimum atomic E-state index is -2.92. The number of amides is 1. The molecule has 0 aliphatic carbocycles. The maximum atomic E-state index is 12.5. The molecule has 2 heterocycles. The first kappa shape index (κ1) is 15.4. The Balaban J connectivity index is 1.87. The van der Waals surface area contributed by atoms with E-state index < -0.39 is 12.7 Å². The van der Waals surface area contributed by atoms with Crippen LogP contribution in [-0.2, 0) is 0 Å². The molecule has 1 aromatic carbocycles. The monoisotopic (exact) mass is 323 g/mol. The van der Waals surface area contributed by atoms with E-state index in [-0.39, 0.29) is 18.2 Å². The Morgan fingerprint density at radius 2 is 2.30 bits per heavy atom. The lowest BCUT2D eigenvalue weighted by atomic mass is 10.1. The third kappa shape index (κ3) is 3.31. The maximum absolute atomic E-state index is 12.5. The predicted molar refractivity (Wildman–Crippen MR) is 77.2 cm³/mol. The van der Waals surface area contributed by atoms with Crippen molar-refractivity contribution in [1.82, 2.24) is 15.1 Å². The summed E-state index contributed by atoms with van der Waals surface area (Å²) in [5.41, 5.74) is 1.27. The number of β-amino-alcohol motifs (C(OH)–C–C–N with tert-alkyl or cyclic N) is 1. The average molecular weight is 323 g/mol.